The van der Waals surface area contributed by atoms with Crippen molar-refractivity contribution in [2.75, 3.05) is 0 Å². The lowest BCUT2D eigenvalue weighted by atomic mass is 9.99. The molecule has 1 aromatic heterocycles. The SMILES string of the molecule is Cc1nn(CC(C(=O)O)c2ccccc2)c(C)c1Br. The molecule has 5 heteroatoms. The molecule has 0 saturated carbocycles. The molecule has 0 fully saturated rings. The molecular formula is C14H15BrN2O2. The van der Waals surface area contributed by atoms with Crippen molar-refractivity contribution in [2.24, 2.45) is 0 Å². The van der Waals surface area contributed by atoms with Crippen LogP contribution >= 0.6 is 15.9 Å². The van der Waals surface area contributed by atoms with Crippen LogP contribution in [0, 0.1) is 13.8 Å². The molecule has 0 saturated heterocycles. The summed E-state index contributed by atoms with van der Waals surface area (Å²) >= 11 is 3.45. The highest BCUT2D eigenvalue weighted by atomic mass is 79.9. The topological polar surface area (TPSA) is 55.1 Å². The average Bonchev–Trinajstić information content (AvgIpc) is 2.64. The molecular weight excluding hydrogens is 308 g/mol. The normalized spacial score (nSPS) is 12.4. The zero-order valence-corrected chi connectivity index (χ0v) is 12.4. The Balaban J connectivity index is 2.32. The molecule has 0 aliphatic carbocycles. The molecule has 1 atom stereocenters. The van der Waals surface area contributed by atoms with Gasteiger partial charge in [-0.25, -0.2) is 0 Å². The third-order valence-electron chi connectivity index (χ3n) is 3.15. The minimum atomic E-state index is -0.838. The summed E-state index contributed by atoms with van der Waals surface area (Å²) in [6.07, 6.45) is 0. The fourth-order valence-electron chi connectivity index (χ4n) is 2.04. The second-order valence-electron chi connectivity index (χ2n) is 4.47. The third kappa shape index (κ3) is 2.87. The van der Waals surface area contributed by atoms with Crippen LogP contribution in [0.2, 0.25) is 0 Å². The van der Waals surface area contributed by atoms with Gasteiger partial charge in [-0.1, -0.05) is 30.3 Å². The van der Waals surface area contributed by atoms with E-state index >= 15 is 0 Å². The maximum atomic E-state index is 11.5. The van der Waals surface area contributed by atoms with Crippen LogP contribution in [0.5, 0.6) is 0 Å². The molecule has 0 aliphatic heterocycles. The molecule has 0 radical (unpaired) electrons. The Labute approximate surface area is 120 Å². The fraction of sp³-hybridized carbons (Fsp3) is 0.286. The van der Waals surface area contributed by atoms with E-state index in [2.05, 4.69) is 21.0 Å². The first-order valence-corrected chi connectivity index (χ1v) is 6.77. The van der Waals surface area contributed by atoms with Gasteiger partial charge < -0.3 is 5.11 Å². The number of aryl methyl sites for hydroxylation is 1. The summed E-state index contributed by atoms with van der Waals surface area (Å²) in [6, 6.07) is 9.24. The quantitative estimate of drug-likeness (QED) is 0.940. The number of aromatic nitrogens is 2. The number of aliphatic carboxylic acids is 1. The third-order valence-corrected chi connectivity index (χ3v) is 4.30. The van der Waals surface area contributed by atoms with E-state index in [-0.39, 0.29) is 0 Å². The van der Waals surface area contributed by atoms with Crippen LogP contribution in [-0.2, 0) is 11.3 Å². The van der Waals surface area contributed by atoms with Gasteiger partial charge in [-0.3, -0.25) is 9.48 Å². The van der Waals surface area contributed by atoms with Crippen molar-refractivity contribution in [3.05, 3.63) is 51.8 Å². The van der Waals surface area contributed by atoms with Gasteiger partial charge in [0.1, 0.15) is 5.92 Å². The molecule has 100 valence electrons. The molecule has 0 aliphatic rings. The minimum absolute atomic E-state index is 0.331. The first-order valence-electron chi connectivity index (χ1n) is 5.98. The first-order chi connectivity index (χ1) is 9.00. The zero-order valence-electron chi connectivity index (χ0n) is 10.8. The number of carboxylic acids is 1. The standard InChI is InChI=1S/C14H15BrN2O2/c1-9-13(15)10(2)17(16-9)8-12(14(18)19)11-6-4-3-5-7-11/h3-7,12H,8H2,1-2H3,(H,18,19). The predicted molar refractivity (Wildman–Crippen MR) is 76.2 cm³/mol. The average molecular weight is 323 g/mol. The van der Waals surface area contributed by atoms with Crippen LogP contribution in [-0.4, -0.2) is 20.9 Å². The molecule has 4 nitrogen and oxygen atoms in total. The summed E-state index contributed by atoms with van der Waals surface area (Å²) in [5, 5.41) is 13.8. The smallest absolute Gasteiger partial charge is 0.312 e. The molecule has 1 unspecified atom stereocenters. The van der Waals surface area contributed by atoms with E-state index in [4.69, 9.17) is 0 Å². The number of halogens is 1. The van der Waals surface area contributed by atoms with Crippen molar-refractivity contribution in [1.29, 1.82) is 0 Å². The Kier molecular flexibility index (Phi) is 4.04. The van der Waals surface area contributed by atoms with Crippen molar-refractivity contribution in [1.82, 2.24) is 9.78 Å². The summed E-state index contributed by atoms with van der Waals surface area (Å²) in [4.78, 5) is 11.5. The highest BCUT2D eigenvalue weighted by Crippen LogP contribution is 2.24. The Morgan fingerprint density at radius 2 is 2.00 bits per heavy atom. The largest absolute Gasteiger partial charge is 0.481 e. The lowest BCUT2D eigenvalue weighted by Crippen LogP contribution is -2.19. The van der Waals surface area contributed by atoms with Crippen LogP contribution in [0.3, 0.4) is 0 Å². The molecule has 1 aromatic carbocycles. The Morgan fingerprint density at radius 1 is 1.37 bits per heavy atom. The van der Waals surface area contributed by atoms with Crippen molar-refractivity contribution in [3.8, 4) is 0 Å². The van der Waals surface area contributed by atoms with Gasteiger partial charge in [0.05, 0.1) is 16.7 Å². The van der Waals surface area contributed by atoms with Crippen molar-refractivity contribution < 1.29 is 9.90 Å². The predicted octanol–water partition coefficient (Wildman–Crippen LogP) is 3.13. The Morgan fingerprint density at radius 3 is 2.47 bits per heavy atom. The molecule has 1 N–H and O–H groups in total. The zero-order chi connectivity index (χ0) is 14.0. The number of hydrogen-bond donors (Lipinski definition) is 1. The van der Waals surface area contributed by atoms with Gasteiger partial charge in [0.2, 0.25) is 0 Å². The van der Waals surface area contributed by atoms with Gasteiger partial charge in [0.25, 0.3) is 0 Å². The van der Waals surface area contributed by atoms with Crippen LogP contribution < -0.4 is 0 Å². The van der Waals surface area contributed by atoms with Gasteiger partial charge in [0, 0.05) is 5.69 Å². The molecule has 0 bridgehead atoms. The number of carboxylic acid groups (broad SMARTS) is 1. The molecule has 2 rings (SSSR count). The second kappa shape index (κ2) is 5.57. The van der Waals surface area contributed by atoms with Gasteiger partial charge in [-0.2, -0.15) is 5.10 Å². The van der Waals surface area contributed by atoms with Crippen LogP contribution in [0.4, 0.5) is 0 Å². The van der Waals surface area contributed by atoms with Crippen LogP contribution in [0.15, 0.2) is 34.8 Å². The highest BCUT2D eigenvalue weighted by Gasteiger charge is 2.22. The summed E-state index contributed by atoms with van der Waals surface area (Å²) < 4.78 is 2.68. The summed E-state index contributed by atoms with van der Waals surface area (Å²) in [5.41, 5.74) is 2.60. The second-order valence-corrected chi connectivity index (χ2v) is 5.26. The number of benzene rings is 1. The molecule has 0 amide bonds. The highest BCUT2D eigenvalue weighted by molar-refractivity contribution is 9.10. The van der Waals surface area contributed by atoms with Gasteiger partial charge >= 0.3 is 5.97 Å². The van der Waals surface area contributed by atoms with Gasteiger partial charge in [-0.15, -0.1) is 0 Å². The lowest BCUT2D eigenvalue weighted by molar-refractivity contribution is -0.139. The maximum absolute atomic E-state index is 11.5. The minimum Gasteiger partial charge on any atom is -0.481 e. The van der Waals surface area contributed by atoms with E-state index in [0.29, 0.717) is 6.54 Å². The summed E-state index contributed by atoms with van der Waals surface area (Å²) in [6.45, 7) is 4.15. The van der Waals surface area contributed by atoms with E-state index in [1.54, 1.807) is 4.68 Å². The van der Waals surface area contributed by atoms with Gasteiger partial charge in [0.15, 0.2) is 0 Å². The Hall–Kier alpha value is -1.62. The van der Waals surface area contributed by atoms with E-state index in [1.165, 1.54) is 0 Å². The number of carbonyl (C=O) groups is 1. The number of rotatable bonds is 4. The van der Waals surface area contributed by atoms with E-state index in [9.17, 15) is 9.90 Å². The maximum Gasteiger partial charge on any atom is 0.312 e. The van der Waals surface area contributed by atoms with E-state index in [1.807, 2.05) is 44.2 Å². The van der Waals surface area contributed by atoms with E-state index < -0.39 is 11.9 Å². The Bertz CT molecular complexity index is 593. The summed E-state index contributed by atoms with van der Waals surface area (Å²) in [5.74, 6) is -1.43. The number of nitrogens with zero attached hydrogens (tertiary/aromatic N) is 2. The van der Waals surface area contributed by atoms with Crippen molar-refractivity contribution in [3.63, 3.8) is 0 Å². The molecule has 1 heterocycles. The van der Waals surface area contributed by atoms with E-state index in [0.717, 1.165) is 21.4 Å². The lowest BCUT2D eigenvalue weighted by Gasteiger charge is -2.14. The fourth-order valence-corrected chi connectivity index (χ4v) is 2.32. The summed E-state index contributed by atoms with van der Waals surface area (Å²) in [7, 11) is 0. The molecule has 2 aromatic rings. The van der Waals surface area contributed by atoms with Crippen LogP contribution in [0.25, 0.3) is 0 Å². The van der Waals surface area contributed by atoms with Crippen molar-refractivity contribution >= 4 is 21.9 Å². The number of hydrogen-bond acceptors (Lipinski definition) is 2. The first kappa shape index (κ1) is 13.8. The molecule has 19 heavy (non-hydrogen) atoms. The molecule has 0 spiro atoms. The van der Waals surface area contributed by atoms with Gasteiger partial charge in [-0.05, 0) is 35.3 Å². The van der Waals surface area contributed by atoms with Crippen molar-refractivity contribution in [2.45, 2.75) is 26.3 Å². The monoisotopic (exact) mass is 322 g/mol. The van der Waals surface area contributed by atoms with Crippen LogP contribution in [0.1, 0.15) is 22.9 Å².